The van der Waals surface area contributed by atoms with E-state index in [4.69, 9.17) is 10.5 Å². The number of amides is 2. The second-order valence-corrected chi connectivity index (χ2v) is 8.32. The van der Waals surface area contributed by atoms with Crippen LogP contribution in [0.4, 0.5) is 9.93 Å². The average molecular weight is 381 g/mol. The number of carbonyl (C=O) groups excluding carboxylic acids is 2. The fraction of sp³-hybridized carbons (Fsp3) is 0.722. The van der Waals surface area contributed by atoms with Crippen molar-refractivity contribution in [1.82, 2.24) is 14.8 Å². The topological polar surface area (TPSA) is 88.8 Å². The number of hydrogen-bond donors (Lipinski definition) is 1. The van der Waals surface area contributed by atoms with E-state index in [9.17, 15) is 9.59 Å². The first-order valence-corrected chi connectivity index (χ1v) is 10.2. The van der Waals surface area contributed by atoms with E-state index in [2.05, 4.69) is 18.8 Å². The van der Waals surface area contributed by atoms with Gasteiger partial charge in [-0.25, -0.2) is 9.78 Å². The number of carbonyl (C=O) groups is 2. The first kappa shape index (κ1) is 18.9. The Morgan fingerprint density at radius 1 is 1.38 bits per heavy atom. The highest BCUT2D eigenvalue weighted by atomic mass is 32.1. The third-order valence-electron chi connectivity index (χ3n) is 5.44. The van der Waals surface area contributed by atoms with Crippen molar-refractivity contribution in [3.63, 3.8) is 0 Å². The molecule has 0 aliphatic carbocycles. The highest BCUT2D eigenvalue weighted by molar-refractivity contribution is 7.17. The molecule has 1 aromatic rings. The van der Waals surface area contributed by atoms with Crippen LogP contribution in [0.2, 0.25) is 0 Å². The number of nitrogens with two attached hydrogens (primary N) is 1. The maximum Gasteiger partial charge on any atom is 0.410 e. The molecular formula is C18H28N4O3S. The van der Waals surface area contributed by atoms with E-state index in [1.165, 1.54) is 11.3 Å². The van der Waals surface area contributed by atoms with Crippen molar-refractivity contribution in [1.29, 1.82) is 0 Å². The van der Waals surface area contributed by atoms with Crippen molar-refractivity contribution in [2.45, 2.75) is 64.5 Å². The number of piperidine rings is 1. The fourth-order valence-corrected chi connectivity index (χ4v) is 4.75. The molecule has 2 aliphatic heterocycles. The van der Waals surface area contributed by atoms with Crippen LogP contribution in [0.5, 0.6) is 0 Å². The quantitative estimate of drug-likeness (QED) is 0.848. The van der Waals surface area contributed by atoms with Crippen molar-refractivity contribution in [3.05, 3.63) is 10.6 Å². The minimum atomic E-state index is -0.448. The summed E-state index contributed by atoms with van der Waals surface area (Å²) >= 11 is 1.26. The number of nitrogen functional groups attached to an aromatic ring is 1. The molecule has 7 nitrogen and oxygen atoms in total. The molecule has 2 amide bonds. The molecule has 2 fully saturated rings. The Labute approximate surface area is 158 Å². The van der Waals surface area contributed by atoms with E-state index in [1.807, 2.05) is 16.7 Å². The molecule has 8 heteroatoms. The summed E-state index contributed by atoms with van der Waals surface area (Å²) in [5.41, 5.74) is 6.09. The molecule has 0 aromatic carbocycles. The molecule has 0 saturated carbocycles. The summed E-state index contributed by atoms with van der Waals surface area (Å²) in [5.74, 6) is -0.00793. The summed E-state index contributed by atoms with van der Waals surface area (Å²) in [6.07, 6.45) is 3.84. The van der Waals surface area contributed by atoms with Gasteiger partial charge in [0, 0.05) is 32.0 Å². The van der Waals surface area contributed by atoms with Crippen molar-refractivity contribution >= 4 is 28.5 Å². The number of anilines is 1. The number of thiazole rings is 1. The highest BCUT2D eigenvalue weighted by Crippen LogP contribution is 2.35. The minimum absolute atomic E-state index is 0.00793. The highest BCUT2D eigenvalue weighted by Gasteiger charge is 2.48. The maximum atomic E-state index is 12.8. The van der Waals surface area contributed by atoms with Gasteiger partial charge in [0.25, 0.3) is 5.91 Å². The lowest BCUT2D eigenvalue weighted by atomic mass is 9.90. The Bertz CT molecular complexity index is 682. The molecule has 3 rings (SSSR count). The maximum absolute atomic E-state index is 12.8. The summed E-state index contributed by atoms with van der Waals surface area (Å²) < 4.78 is 5.77. The number of aromatic nitrogens is 1. The summed E-state index contributed by atoms with van der Waals surface area (Å²) in [5, 5.41) is 0.434. The third-order valence-corrected chi connectivity index (χ3v) is 6.36. The Morgan fingerprint density at radius 2 is 2.08 bits per heavy atom. The summed E-state index contributed by atoms with van der Waals surface area (Å²) in [4.78, 5) is 33.7. The molecular weight excluding hydrogens is 352 g/mol. The van der Waals surface area contributed by atoms with E-state index in [0.29, 0.717) is 48.9 Å². The van der Waals surface area contributed by atoms with Gasteiger partial charge in [-0.1, -0.05) is 31.6 Å². The fourth-order valence-electron chi connectivity index (χ4n) is 3.86. The predicted molar refractivity (Wildman–Crippen MR) is 101 cm³/mol. The SMILES string of the molecule is CCC[C@H](C)N1CC2(CCN(C(=O)c3sc(N)nc3CC)CC2)OC1=O. The van der Waals surface area contributed by atoms with Crippen LogP contribution in [-0.2, 0) is 11.2 Å². The standard InChI is InChI=1S/C18H28N4O3S/c1-4-6-12(3)22-11-18(25-17(22)24)7-9-21(10-8-18)15(23)14-13(5-2)20-16(19)26-14/h12H,4-11H2,1-3H3,(H2,19,20)/t12-/m0/s1. The van der Waals surface area contributed by atoms with E-state index < -0.39 is 5.60 Å². The van der Waals surface area contributed by atoms with Gasteiger partial charge < -0.3 is 20.3 Å². The van der Waals surface area contributed by atoms with E-state index in [-0.39, 0.29) is 18.0 Å². The van der Waals surface area contributed by atoms with Gasteiger partial charge in [0.1, 0.15) is 10.5 Å². The van der Waals surface area contributed by atoms with Crippen LogP contribution >= 0.6 is 11.3 Å². The Kier molecular flexibility index (Phi) is 5.41. The molecule has 1 aromatic heterocycles. The lowest BCUT2D eigenvalue weighted by molar-refractivity contribution is 0.00318. The minimum Gasteiger partial charge on any atom is -0.441 e. The van der Waals surface area contributed by atoms with Gasteiger partial charge in [-0.3, -0.25) is 4.79 Å². The van der Waals surface area contributed by atoms with E-state index in [1.54, 1.807) is 0 Å². The molecule has 2 aliphatic rings. The zero-order valence-electron chi connectivity index (χ0n) is 15.8. The molecule has 2 N–H and O–H groups in total. The van der Waals surface area contributed by atoms with Gasteiger partial charge >= 0.3 is 6.09 Å². The zero-order valence-corrected chi connectivity index (χ0v) is 16.6. The number of nitrogens with zero attached hydrogens (tertiary/aromatic N) is 3. The van der Waals surface area contributed by atoms with Gasteiger partial charge in [0.05, 0.1) is 12.2 Å². The van der Waals surface area contributed by atoms with Crippen molar-refractivity contribution < 1.29 is 14.3 Å². The molecule has 1 atom stereocenters. The van der Waals surface area contributed by atoms with Crippen LogP contribution < -0.4 is 5.73 Å². The Hall–Kier alpha value is -1.83. The van der Waals surface area contributed by atoms with Crippen LogP contribution in [0.15, 0.2) is 0 Å². The molecule has 0 unspecified atom stereocenters. The van der Waals surface area contributed by atoms with Gasteiger partial charge in [-0.05, 0) is 19.8 Å². The molecule has 26 heavy (non-hydrogen) atoms. The molecule has 3 heterocycles. The monoisotopic (exact) mass is 380 g/mol. The van der Waals surface area contributed by atoms with Gasteiger partial charge in [-0.15, -0.1) is 0 Å². The van der Waals surface area contributed by atoms with Crippen molar-refractivity contribution in [2.75, 3.05) is 25.4 Å². The van der Waals surface area contributed by atoms with E-state index in [0.717, 1.165) is 18.5 Å². The number of ether oxygens (including phenoxy) is 1. The largest absolute Gasteiger partial charge is 0.441 e. The van der Waals surface area contributed by atoms with Crippen LogP contribution in [0.3, 0.4) is 0 Å². The summed E-state index contributed by atoms with van der Waals surface area (Å²) in [6, 6.07) is 0.193. The molecule has 0 radical (unpaired) electrons. The number of rotatable bonds is 5. The normalized spacial score (nSPS) is 20.5. The lowest BCUT2D eigenvalue weighted by Crippen LogP contribution is -2.49. The van der Waals surface area contributed by atoms with Gasteiger partial charge in [-0.2, -0.15) is 0 Å². The number of aryl methyl sites for hydroxylation is 1. The molecule has 144 valence electrons. The second kappa shape index (κ2) is 7.42. The Morgan fingerprint density at radius 3 is 2.69 bits per heavy atom. The van der Waals surface area contributed by atoms with Gasteiger partial charge in [0.2, 0.25) is 0 Å². The first-order chi connectivity index (χ1) is 12.4. The first-order valence-electron chi connectivity index (χ1n) is 9.43. The number of hydrogen-bond acceptors (Lipinski definition) is 6. The second-order valence-electron chi connectivity index (χ2n) is 7.29. The average Bonchev–Trinajstić information content (AvgIpc) is 3.15. The summed E-state index contributed by atoms with van der Waals surface area (Å²) in [6.45, 7) is 7.97. The van der Waals surface area contributed by atoms with Crippen molar-refractivity contribution in [2.24, 2.45) is 0 Å². The third kappa shape index (κ3) is 3.51. The smallest absolute Gasteiger partial charge is 0.410 e. The van der Waals surface area contributed by atoms with Crippen LogP contribution in [-0.4, -0.2) is 58.1 Å². The molecule has 2 saturated heterocycles. The Balaban J connectivity index is 1.64. The molecule has 0 bridgehead atoms. The zero-order chi connectivity index (χ0) is 18.9. The summed E-state index contributed by atoms with van der Waals surface area (Å²) in [7, 11) is 0. The van der Waals surface area contributed by atoms with Crippen molar-refractivity contribution in [3.8, 4) is 0 Å². The molecule has 1 spiro atoms. The van der Waals surface area contributed by atoms with E-state index >= 15 is 0 Å². The van der Waals surface area contributed by atoms with Gasteiger partial charge in [0.15, 0.2) is 5.13 Å². The lowest BCUT2D eigenvalue weighted by Gasteiger charge is -2.37. The number of likely N-dealkylation sites (tertiary alicyclic amines) is 1. The van der Waals surface area contributed by atoms with Crippen LogP contribution in [0.25, 0.3) is 0 Å². The van der Waals surface area contributed by atoms with Crippen LogP contribution in [0.1, 0.15) is 61.8 Å². The predicted octanol–water partition coefficient (Wildman–Crippen LogP) is 2.90. The van der Waals surface area contributed by atoms with Crippen LogP contribution in [0, 0.1) is 0 Å².